The van der Waals surface area contributed by atoms with Crippen LogP contribution < -0.4 is 10.1 Å². The average Bonchev–Trinajstić information content (AvgIpc) is 2.82. The summed E-state index contributed by atoms with van der Waals surface area (Å²) in [6.07, 6.45) is 1.83. The average molecular weight is 273 g/mol. The molecule has 2 aromatic rings. The van der Waals surface area contributed by atoms with E-state index >= 15 is 0 Å². The number of ether oxygens (including phenoxy) is 1. The van der Waals surface area contributed by atoms with Gasteiger partial charge in [-0.2, -0.15) is 0 Å². The summed E-state index contributed by atoms with van der Waals surface area (Å²) < 4.78 is 10.9. The number of hydrogen-bond acceptors (Lipinski definition) is 3. The van der Waals surface area contributed by atoms with E-state index in [1.54, 1.807) is 7.11 Å². The van der Waals surface area contributed by atoms with E-state index in [1.807, 2.05) is 13.2 Å². The number of furan rings is 1. The number of benzene rings is 1. The van der Waals surface area contributed by atoms with Gasteiger partial charge in [-0.15, -0.1) is 0 Å². The monoisotopic (exact) mass is 273 g/mol. The number of hydrogen-bond donors (Lipinski definition) is 1. The van der Waals surface area contributed by atoms with Gasteiger partial charge in [-0.25, -0.2) is 0 Å². The van der Waals surface area contributed by atoms with Gasteiger partial charge in [-0.1, -0.05) is 19.1 Å². The first kappa shape index (κ1) is 14.7. The fourth-order valence-corrected chi connectivity index (χ4v) is 2.72. The second-order valence-electron chi connectivity index (χ2n) is 5.17. The molecule has 0 aliphatic rings. The van der Waals surface area contributed by atoms with Crippen LogP contribution in [0.5, 0.6) is 5.75 Å². The van der Waals surface area contributed by atoms with Gasteiger partial charge in [0.25, 0.3) is 0 Å². The van der Waals surface area contributed by atoms with Crippen LogP contribution in [-0.4, -0.2) is 13.7 Å². The van der Waals surface area contributed by atoms with Gasteiger partial charge in [0.15, 0.2) is 0 Å². The molecule has 1 aromatic heterocycles. The molecule has 3 heteroatoms. The Balaban J connectivity index is 2.44. The lowest BCUT2D eigenvalue weighted by atomic mass is 9.96. The Kier molecular flexibility index (Phi) is 4.50. The van der Waals surface area contributed by atoms with Gasteiger partial charge in [0.05, 0.1) is 19.4 Å². The van der Waals surface area contributed by atoms with Crippen LogP contribution in [0.4, 0.5) is 0 Å². The van der Waals surface area contributed by atoms with Gasteiger partial charge < -0.3 is 14.5 Å². The van der Waals surface area contributed by atoms with Gasteiger partial charge >= 0.3 is 0 Å². The molecule has 3 nitrogen and oxygen atoms in total. The van der Waals surface area contributed by atoms with Gasteiger partial charge in [0.1, 0.15) is 11.5 Å². The Labute approximate surface area is 121 Å². The summed E-state index contributed by atoms with van der Waals surface area (Å²) >= 11 is 0. The predicted octanol–water partition coefficient (Wildman–Crippen LogP) is 3.91. The number of rotatable bonds is 5. The third kappa shape index (κ3) is 2.88. The van der Waals surface area contributed by atoms with Crippen molar-refractivity contribution in [1.29, 1.82) is 0 Å². The zero-order valence-corrected chi connectivity index (χ0v) is 12.9. The van der Waals surface area contributed by atoms with Crippen molar-refractivity contribution < 1.29 is 9.15 Å². The first-order valence-electron chi connectivity index (χ1n) is 7.00. The minimum absolute atomic E-state index is 0.153. The van der Waals surface area contributed by atoms with Crippen molar-refractivity contribution in [2.24, 2.45) is 0 Å². The van der Waals surface area contributed by atoms with E-state index < -0.39 is 0 Å². The maximum absolute atomic E-state index is 5.45. The molecule has 0 saturated carbocycles. The van der Waals surface area contributed by atoms with E-state index in [2.05, 4.69) is 44.3 Å². The number of nitrogens with one attached hydrogen (secondary N) is 1. The third-order valence-corrected chi connectivity index (χ3v) is 3.51. The number of methoxy groups -OCH3 is 1. The highest BCUT2D eigenvalue weighted by atomic mass is 16.5. The maximum atomic E-state index is 5.45. The topological polar surface area (TPSA) is 34.4 Å². The summed E-state index contributed by atoms with van der Waals surface area (Å²) in [5.41, 5.74) is 4.72. The second-order valence-corrected chi connectivity index (χ2v) is 5.17. The SMILES string of the molecule is CCNC(c1coc(C)c1)c1cc(C)c(OC)c(C)c1. The predicted molar refractivity (Wildman–Crippen MR) is 81.4 cm³/mol. The molecule has 1 atom stereocenters. The van der Waals surface area contributed by atoms with E-state index in [4.69, 9.17) is 9.15 Å². The molecule has 0 amide bonds. The summed E-state index contributed by atoms with van der Waals surface area (Å²) in [5.74, 6) is 1.90. The minimum Gasteiger partial charge on any atom is -0.496 e. The van der Waals surface area contributed by atoms with Crippen LogP contribution in [0.1, 0.15) is 41.0 Å². The second kappa shape index (κ2) is 6.14. The van der Waals surface area contributed by atoms with Crippen molar-refractivity contribution in [3.8, 4) is 5.75 Å². The molecule has 2 rings (SSSR count). The Morgan fingerprint density at radius 1 is 1.10 bits per heavy atom. The Hall–Kier alpha value is -1.74. The molecule has 1 N–H and O–H groups in total. The molecule has 0 saturated heterocycles. The highest BCUT2D eigenvalue weighted by Crippen LogP contribution is 2.30. The van der Waals surface area contributed by atoms with E-state index in [9.17, 15) is 0 Å². The van der Waals surface area contributed by atoms with E-state index in [0.717, 1.165) is 34.7 Å². The standard InChI is InChI=1S/C17H23NO2/c1-6-18-16(15-9-13(4)20-10-15)14-7-11(2)17(19-5)12(3)8-14/h7-10,16,18H,6H2,1-5H3. The van der Waals surface area contributed by atoms with Crippen molar-refractivity contribution in [1.82, 2.24) is 5.32 Å². The van der Waals surface area contributed by atoms with Crippen LogP contribution in [0.3, 0.4) is 0 Å². The summed E-state index contributed by atoms with van der Waals surface area (Å²) in [5, 5.41) is 3.52. The minimum atomic E-state index is 0.153. The molecule has 0 spiro atoms. The molecule has 108 valence electrons. The molecule has 0 aliphatic carbocycles. The van der Waals surface area contributed by atoms with Crippen LogP contribution in [0.25, 0.3) is 0 Å². The molecule has 1 unspecified atom stereocenters. The fourth-order valence-electron chi connectivity index (χ4n) is 2.72. The van der Waals surface area contributed by atoms with Crippen LogP contribution in [0.15, 0.2) is 28.9 Å². The summed E-state index contributed by atoms with van der Waals surface area (Å²) in [4.78, 5) is 0. The Bertz CT molecular complexity index is 563. The van der Waals surface area contributed by atoms with Crippen LogP contribution in [-0.2, 0) is 0 Å². The summed E-state index contributed by atoms with van der Waals surface area (Å²) in [6.45, 7) is 9.15. The Morgan fingerprint density at radius 3 is 2.20 bits per heavy atom. The lowest BCUT2D eigenvalue weighted by Gasteiger charge is -2.19. The van der Waals surface area contributed by atoms with Crippen LogP contribution in [0.2, 0.25) is 0 Å². The smallest absolute Gasteiger partial charge is 0.124 e. The van der Waals surface area contributed by atoms with Gasteiger partial charge in [-0.05, 0) is 50.1 Å². The van der Waals surface area contributed by atoms with Crippen molar-refractivity contribution in [2.45, 2.75) is 33.7 Å². The summed E-state index contributed by atoms with van der Waals surface area (Å²) in [6, 6.07) is 6.60. The third-order valence-electron chi connectivity index (χ3n) is 3.51. The molecule has 1 heterocycles. The van der Waals surface area contributed by atoms with Gasteiger partial charge in [0.2, 0.25) is 0 Å². The van der Waals surface area contributed by atoms with E-state index in [1.165, 1.54) is 5.56 Å². The molecule has 0 fully saturated rings. The van der Waals surface area contributed by atoms with Gasteiger partial charge in [0, 0.05) is 5.56 Å². The first-order valence-corrected chi connectivity index (χ1v) is 7.00. The fraction of sp³-hybridized carbons (Fsp3) is 0.412. The molecule has 20 heavy (non-hydrogen) atoms. The summed E-state index contributed by atoms with van der Waals surface area (Å²) in [7, 11) is 1.72. The molecular formula is C17H23NO2. The lowest BCUT2D eigenvalue weighted by molar-refractivity contribution is 0.408. The first-order chi connectivity index (χ1) is 9.56. The van der Waals surface area contributed by atoms with Crippen molar-refractivity contribution in [3.05, 3.63) is 52.5 Å². The van der Waals surface area contributed by atoms with Crippen LogP contribution in [0, 0.1) is 20.8 Å². The molecule has 1 aromatic carbocycles. The van der Waals surface area contributed by atoms with Crippen LogP contribution >= 0.6 is 0 Å². The highest BCUT2D eigenvalue weighted by molar-refractivity contribution is 5.46. The maximum Gasteiger partial charge on any atom is 0.124 e. The molecular weight excluding hydrogens is 250 g/mol. The lowest BCUT2D eigenvalue weighted by Crippen LogP contribution is -2.21. The van der Waals surface area contributed by atoms with E-state index in [-0.39, 0.29) is 6.04 Å². The molecule has 0 aliphatic heterocycles. The quantitative estimate of drug-likeness (QED) is 0.896. The largest absolute Gasteiger partial charge is 0.496 e. The Morgan fingerprint density at radius 2 is 1.75 bits per heavy atom. The number of aryl methyl sites for hydroxylation is 3. The van der Waals surface area contributed by atoms with Crippen molar-refractivity contribution >= 4 is 0 Å². The van der Waals surface area contributed by atoms with Crippen molar-refractivity contribution in [2.75, 3.05) is 13.7 Å². The highest BCUT2D eigenvalue weighted by Gasteiger charge is 2.17. The molecule has 0 bridgehead atoms. The van der Waals surface area contributed by atoms with E-state index in [0.29, 0.717) is 0 Å². The normalized spacial score (nSPS) is 12.4. The van der Waals surface area contributed by atoms with Crippen molar-refractivity contribution in [3.63, 3.8) is 0 Å². The zero-order valence-electron chi connectivity index (χ0n) is 12.9. The molecule has 0 radical (unpaired) electrons. The van der Waals surface area contributed by atoms with Gasteiger partial charge in [-0.3, -0.25) is 0 Å². The zero-order chi connectivity index (χ0) is 14.7.